The topological polar surface area (TPSA) is 77.5 Å². The summed E-state index contributed by atoms with van der Waals surface area (Å²) in [6, 6.07) is 14.2. The molecule has 0 saturated heterocycles. The second-order valence-corrected chi connectivity index (χ2v) is 6.91. The molecular formula is C12H12CsO5RbS2. The van der Waals surface area contributed by atoms with E-state index in [4.69, 9.17) is 0 Å². The predicted molar refractivity (Wildman–Crippen MR) is 70.6 cm³/mol. The van der Waals surface area contributed by atoms with Gasteiger partial charge in [-0.15, -0.1) is 3.63 Å². The van der Waals surface area contributed by atoms with Crippen molar-refractivity contribution in [3.63, 3.8) is 0 Å². The normalized spacial score (nSPS) is 11.0. The van der Waals surface area contributed by atoms with Gasteiger partial charge in [0.05, 0.1) is 9.79 Å². The Hall–Kier alpha value is 2.16. The number of hydrogen-bond acceptors (Lipinski definition) is 5. The van der Waals surface area contributed by atoms with Crippen LogP contribution in [-0.4, -0.2) is 16.8 Å². The average Bonchev–Trinajstić information content (AvgIpc) is 2.40. The van der Waals surface area contributed by atoms with E-state index in [1.165, 1.54) is 48.5 Å². The number of hydrogen-bond donors (Lipinski definition) is 0. The van der Waals surface area contributed by atoms with E-state index in [0.717, 1.165) is 0 Å². The first kappa shape index (κ1) is 23.2. The average molecular weight is 519 g/mol. The fourth-order valence-corrected chi connectivity index (χ4v) is 3.92. The molecule has 0 saturated carbocycles. The van der Waals surface area contributed by atoms with Crippen LogP contribution in [0.2, 0.25) is 0 Å². The van der Waals surface area contributed by atoms with Gasteiger partial charge in [-0.1, -0.05) is 36.4 Å². The third-order valence-electron chi connectivity index (χ3n) is 2.24. The van der Waals surface area contributed by atoms with Crippen molar-refractivity contribution in [1.82, 2.24) is 0 Å². The molecule has 0 aliphatic carbocycles. The summed E-state index contributed by atoms with van der Waals surface area (Å²) in [4.78, 5) is -0.427. The standard InChI is InChI=1S/C12H10O5S2.Cs.Rb.2H/c13-18(14,11-7-3-1-4-8-11)17-19(15,16)12-9-5-2-6-10-12;;;;/h1-10H;;;;/q;2*+1;2*-1. The number of rotatable bonds is 4. The summed E-state index contributed by atoms with van der Waals surface area (Å²) >= 11 is 0. The molecule has 0 bridgehead atoms. The van der Waals surface area contributed by atoms with Crippen molar-refractivity contribution in [2.75, 3.05) is 0 Å². The molecule has 0 amide bonds. The zero-order valence-corrected chi connectivity index (χ0v) is 24.5. The molecule has 0 N–H and O–H groups in total. The molecule has 21 heavy (non-hydrogen) atoms. The largest absolute Gasteiger partial charge is 1.00 e. The summed E-state index contributed by atoms with van der Waals surface area (Å²) in [5, 5.41) is 0. The minimum Gasteiger partial charge on any atom is -1.00 e. The van der Waals surface area contributed by atoms with Gasteiger partial charge in [-0.2, -0.15) is 16.8 Å². The Morgan fingerprint density at radius 3 is 1.24 bits per heavy atom. The number of benzene rings is 2. The molecule has 2 aromatic carbocycles. The summed E-state index contributed by atoms with van der Waals surface area (Å²) in [5.74, 6) is 0. The third-order valence-corrected chi connectivity index (χ3v) is 5.38. The van der Waals surface area contributed by atoms with Gasteiger partial charge in [0.1, 0.15) is 0 Å². The summed E-state index contributed by atoms with van der Waals surface area (Å²) < 4.78 is 51.6. The molecule has 0 aliphatic heterocycles. The summed E-state index contributed by atoms with van der Waals surface area (Å²) in [7, 11) is -8.71. The van der Waals surface area contributed by atoms with E-state index >= 15 is 0 Å². The van der Waals surface area contributed by atoms with Crippen molar-refractivity contribution in [2.24, 2.45) is 0 Å². The van der Waals surface area contributed by atoms with Gasteiger partial charge >= 0.3 is 147 Å². The van der Waals surface area contributed by atoms with Crippen LogP contribution in [-0.2, 0) is 23.9 Å². The van der Waals surface area contributed by atoms with Crippen LogP contribution in [0.25, 0.3) is 0 Å². The van der Waals surface area contributed by atoms with Crippen LogP contribution in [0.1, 0.15) is 2.85 Å². The zero-order chi connectivity index (χ0) is 13.9. The quantitative estimate of drug-likeness (QED) is 0.413. The van der Waals surface area contributed by atoms with Crippen LogP contribution in [0.5, 0.6) is 0 Å². The van der Waals surface area contributed by atoms with E-state index in [0.29, 0.717) is 0 Å². The molecular weight excluding hydrogens is 507 g/mol. The molecule has 0 radical (unpaired) electrons. The molecule has 0 atom stereocenters. The fraction of sp³-hybridized carbons (Fsp3) is 0. The summed E-state index contributed by atoms with van der Waals surface area (Å²) in [5.41, 5.74) is 0. The monoisotopic (exact) mass is 518 g/mol. The summed E-state index contributed by atoms with van der Waals surface area (Å²) in [6.07, 6.45) is 0. The first-order valence-corrected chi connectivity index (χ1v) is 8.05. The molecule has 0 aromatic heterocycles. The van der Waals surface area contributed by atoms with E-state index in [1.807, 2.05) is 0 Å². The third kappa shape index (κ3) is 6.89. The minimum atomic E-state index is -4.35. The molecule has 0 heterocycles. The van der Waals surface area contributed by atoms with E-state index in [2.05, 4.69) is 3.63 Å². The Labute approximate surface area is 235 Å². The molecule has 0 fully saturated rings. The molecule has 2 aromatic rings. The zero-order valence-electron chi connectivity index (χ0n) is 13.6. The van der Waals surface area contributed by atoms with Gasteiger partial charge in [-0.3, -0.25) is 0 Å². The van der Waals surface area contributed by atoms with Crippen LogP contribution in [0.3, 0.4) is 0 Å². The second-order valence-electron chi connectivity index (χ2n) is 3.60. The SMILES string of the molecule is O=S(=O)(OS(=O)(=O)c1ccccc1)c1ccccc1.[Cs+].[H-].[H-].[Rb+]. The fourth-order valence-electron chi connectivity index (χ4n) is 1.37. The van der Waals surface area contributed by atoms with Gasteiger partial charge in [0.15, 0.2) is 0 Å². The molecule has 9 heteroatoms. The first-order chi connectivity index (χ1) is 8.92. The van der Waals surface area contributed by atoms with Gasteiger partial charge in [-0.25, -0.2) is 0 Å². The van der Waals surface area contributed by atoms with E-state index in [1.54, 1.807) is 12.1 Å². The van der Waals surface area contributed by atoms with Crippen molar-refractivity contribution in [1.29, 1.82) is 0 Å². The molecule has 0 aliphatic rings. The van der Waals surface area contributed by atoms with E-state index in [-0.39, 0.29) is 140 Å². The summed E-state index contributed by atoms with van der Waals surface area (Å²) in [6.45, 7) is 0. The van der Waals surface area contributed by atoms with Crippen LogP contribution in [0.4, 0.5) is 0 Å². The van der Waals surface area contributed by atoms with Crippen molar-refractivity contribution in [3.8, 4) is 0 Å². The molecule has 0 unspecified atom stereocenters. The van der Waals surface area contributed by atoms with Crippen LogP contribution in [0, 0.1) is 0 Å². The van der Waals surface area contributed by atoms with E-state index < -0.39 is 20.2 Å². The first-order valence-electron chi connectivity index (χ1n) is 5.23. The van der Waals surface area contributed by atoms with Gasteiger partial charge in [0, 0.05) is 0 Å². The maximum atomic E-state index is 11.8. The predicted octanol–water partition coefficient (Wildman–Crippen LogP) is -3.99. The maximum Gasteiger partial charge on any atom is 1.00 e. The minimum absolute atomic E-state index is 0. The molecule has 104 valence electrons. The van der Waals surface area contributed by atoms with Crippen LogP contribution in [0.15, 0.2) is 70.5 Å². The molecule has 2 rings (SSSR count). The second kappa shape index (κ2) is 10.2. The smallest absolute Gasteiger partial charge is 1.00 e. The van der Waals surface area contributed by atoms with Crippen molar-refractivity contribution in [2.45, 2.75) is 9.79 Å². The van der Waals surface area contributed by atoms with Crippen molar-refractivity contribution in [3.05, 3.63) is 60.7 Å². The molecule has 5 nitrogen and oxygen atoms in total. The van der Waals surface area contributed by atoms with Crippen molar-refractivity contribution >= 4 is 20.2 Å². The van der Waals surface area contributed by atoms with Gasteiger partial charge in [0.25, 0.3) is 0 Å². The van der Waals surface area contributed by atoms with Crippen LogP contribution < -0.4 is 127 Å². The van der Waals surface area contributed by atoms with Gasteiger partial charge < -0.3 is 2.85 Å². The van der Waals surface area contributed by atoms with Crippen LogP contribution >= 0.6 is 0 Å². The maximum absolute atomic E-state index is 11.8. The van der Waals surface area contributed by atoms with Crippen molar-refractivity contribution < 1.29 is 150 Å². The molecule has 0 spiro atoms. The Bertz CT molecular complexity index is 704. The van der Waals surface area contributed by atoms with E-state index in [9.17, 15) is 16.8 Å². The Balaban J connectivity index is -0.000001000. The van der Waals surface area contributed by atoms with Gasteiger partial charge in [0.2, 0.25) is 0 Å². The Morgan fingerprint density at radius 2 is 0.952 bits per heavy atom. The van der Waals surface area contributed by atoms with Gasteiger partial charge in [-0.05, 0) is 24.3 Å². The Kier molecular flexibility index (Phi) is 11.3. The Morgan fingerprint density at radius 1 is 0.667 bits per heavy atom.